The predicted octanol–water partition coefficient (Wildman–Crippen LogP) is -0.587. The summed E-state index contributed by atoms with van der Waals surface area (Å²) in [7, 11) is -4.09. The minimum absolute atomic E-state index is 0.524. The molecule has 0 aromatic rings. The third kappa shape index (κ3) is 6.04. The van der Waals surface area contributed by atoms with Crippen LogP contribution in [0, 0.1) is 0 Å². The topological polar surface area (TPSA) is 116 Å². The lowest BCUT2D eigenvalue weighted by Gasteiger charge is -2.24. The van der Waals surface area contributed by atoms with E-state index in [1.807, 2.05) is 0 Å². The van der Waals surface area contributed by atoms with Gasteiger partial charge in [0.1, 0.15) is 5.75 Å². The van der Waals surface area contributed by atoms with Crippen molar-refractivity contribution in [1.29, 1.82) is 0 Å². The number of carbonyl (C=O) groups excluding carboxylic acids is 2. The Bertz CT molecular complexity index is 478. The molecule has 0 heterocycles. The normalized spacial score (nSPS) is 11.4. The van der Waals surface area contributed by atoms with Gasteiger partial charge in [-0.3, -0.25) is 9.59 Å². The standard InChI is InChI=1S/C10H16N2O5S/c1-5-8(13)12-10(3,4)6-18(15,16)17-7(2)9(11)14/h5H,1-2,6H2,3-4H3,(H2,11,14)(H,12,13). The highest BCUT2D eigenvalue weighted by molar-refractivity contribution is 7.86. The number of primary amides is 1. The molecule has 102 valence electrons. The smallest absolute Gasteiger partial charge is 0.311 e. The lowest BCUT2D eigenvalue weighted by Crippen LogP contribution is -2.48. The van der Waals surface area contributed by atoms with Crippen molar-refractivity contribution in [2.24, 2.45) is 5.73 Å². The second kappa shape index (κ2) is 5.67. The molecule has 0 aliphatic rings. The average Bonchev–Trinajstić information content (AvgIpc) is 2.13. The first-order valence-corrected chi connectivity index (χ1v) is 6.42. The molecule has 0 unspecified atom stereocenters. The molecule has 0 radical (unpaired) electrons. The Labute approximate surface area is 106 Å². The fraction of sp³-hybridized carbons (Fsp3) is 0.400. The van der Waals surface area contributed by atoms with Gasteiger partial charge in [-0.05, 0) is 26.5 Å². The Hall–Kier alpha value is -1.83. The maximum atomic E-state index is 11.6. The van der Waals surface area contributed by atoms with E-state index in [9.17, 15) is 18.0 Å². The third-order valence-electron chi connectivity index (χ3n) is 1.69. The van der Waals surface area contributed by atoms with Crippen molar-refractivity contribution < 1.29 is 22.2 Å². The number of hydrogen-bond acceptors (Lipinski definition) is 5. The summed E-state index contributed by atoms with van der Waals surface area (Å²) in [6.45, 7) is 9.26. The van der Waals surface area contributed by atoms with E-state index in [1.165, 1.54) is 13.8 Å². The van der Waals surface area contributed by atoms with Crippen LogP contribution in [0.25, 0.3) is 0 Å². The summed E-state index contributed by atoms with van der Waals surface area (Å²) in [5.74, 6) is -2.83. The maximum absolute atomic E-state index is 11.6. The van der Waals surface area contributed by atoms with Gasteiger partial charge in [0.25, 0.3) is 5.91 Å². The van der Waals surface area contributed by atoms with Crippen LogP contribution in [0.2, 0.25) is 0 Å². The number of amides is 2. The lowest BCUT2D eigenvalue weighted by molar-refractivity contribution is -0.118. The van der Waals surface area contributed by atoms with E-state index in [1.54, 1.807) is 0 Å². The highest BCUT2D eigenvalue weighted by Crippen LogP contribution is 2.11. The second-order valence-corrected chi connectivity index (χ2v) is 5.72. The van der Waals surface area contributed by atoms with Gasteiger partial charge < -0.3 is 15.2 Å². The molecule has 0 aliphatic carbocycles. The highest BCUT2D eigenvalue weighted by Gasteiger charge is 2.29. The van der Waals surface area contributed by atoms with Gasteiger partial charge in [0, 0.05) is 0 Å². The van der Waals surface area contributed by atoms with Gasteiger partial charge in [-0.1, -0.05) is 6.58 Å². The largest absolute Gasteiger partial charge is 0.377 e. The molecule has 0 rings (SSSR count). The van der Waals surface area contributed by atoms with E-state index in [0.29, 0.717) is 0 Å². The van der Waals surface area contributed by atoms with E-state index in [-0.39, 0.29) is 0 Å². The van der Waals surface area contributed by atoms with Crippen molar-refractivity contribution in [3.05, 3.63) is 25.0 Å². The molecule has 0 spiro atoms. The van der Waals surface area contributed by atoms with E-state index in [2.05, 4.69) is 22.7 Å². The van der Waals surface area contributed by atoms with Crippen LogP contribution in [0.1, 0.15) is 13.8 Å². The first kappa shape index (κ1) is 16.2. The van der Waals surface area contributed by atoms with Crippen molar-refractivity contribution in [1.82, 2.24) is 5.32 Å². The Morgan fingerprint density at radius 2 is 1.94 bits per heavy atom. The van der Waals surface area contributed by atoms with Crippen molar-refractivity contribution in [2.75, 3.05) is 5.75 Å². The monoisotopic (exact) mass is 276 g/mol. The van der Waals surface area contributed by atoms with Gasteiger partial charge in [0.2, 0.25) is 5.91 Å². The van der Waals surface area contributed by atoms with Crippen LogP contribution in [0.15, 0.2) is 25.0 Å². The van der Waals surface area contributed by atoms with Crippen LogP contribution >= 0.6 is 0 Å². The van der Waals surface area contributed by atoms with Crippen LogP contribution < -0.4 is 11.1 Å². The molecule has 0 aliphatic heterocycles. The van der Waals surface area contributed by atoms with Crippen LogP contribution in [0.4, 0.5) is 0 Å². The summed E-state index contributed by atoms with van der Waals surface area (Å²) in [4.78, 5) is 21.7. The first-order valence-electron chi connectivity index (χ1n) is 4.84. The zero-order valence-corrected chi connectivity index (χ0v) is 11.0. The van der Waals surface area contributed by atoms with Crippen LogP contribution in [-0.4, -0.2) is 31.5 Å². The Kier molecular flexibility index (Phi) is 5.10. The summed E-state index contributed by atoms with van der Waals surface area (Å²) in [6.07, 6.45) is 1.01. The lowest BCUT2D eigenvalue weighted by atomic mass is 10.1. The fourth-order valence-corrected chi connectivity index (χ4v) is 2.49. The Morgan fingerprint density at radius 3 is 2.33 bits per heavy atom. The zero-order valence-electron chi connectivity index (χ0n) is 10.2. The molecule has 0 saturated carbocycles. The number of nitrogens with two attached hydrogens (primary N) is 1. The van der Waals surface area contributed by atoms with Crippen molar-refractivity contribution in [3.8, 4) is 0 Å². The fourth-order valence-electron chi connectivity index (χ4n) is 1.09. The third-order valence-corrected chi connectivity index (χ3v) is 3.22. The molecule has 2 amide bonds. The second-order valence-electron chi connectivity index (χ2n) is 4.15. The summed E-state index contributed by atoms with van der Waals surface area (Å²) in [5.41, 5.74) is 3.70. The SMILES string of the molecule is C=CC(=O)NC(C)(C)CS(=O)(=O)OC(=C)C(N)=O. The molecule has 0 bridgehead atoms. The Balaban J connectivity index is 4.76. The quantitative estimate of drug-likeness (QED) is 0.366. The first-order chi connectivity index (χ1) is 7.99. The number of nitrogens with one attached hydrogen (secondary N) is 1. The predicted molar refractivity (Wildman–Crippen MR) is 65.6 cm³/mol. The van der Waals surface area contributed by atoms with Gasteiger partial charge in [-0.15, -0.1) is 0 Å². The molecule has 0 saturated heterocycles. The van der Waals surface area contributed by atoms with Crippen molar-refractivity contribution in [3.63, 3.8) is 0 Å². The van der Waals surface area contributed by atoms with E-state index >= 15 is 0 Å². The van der Waals surface area contributed by atoms with Gasteiger partial charge in [-0.25, -0.2) is 0 Å². The van der Waals surface area contributed by atoms with Crippen molar-refractivity contribution in [2.45, 2.75) is 19.4 Å². The summed E-state index contributed by atoms with van der Waals surface area (Å²) < 4.78 is 27.5. The van der Waals surface area contributed by atoms with E-state index in [4.69, 9.17) is 5.73 Å². The van der Waals surface area contributed by atoms with Gasteiger partial charge >= 0.3 is 10.1 Å². The highest BCUT2D eigenvalue weighted by atomic mass is 32.2. The van der Waals surface area contributed by atoms with Gasteiger partial charge in [-0.2, -0.15) is 8.42 Å². The van der Waals surface area contributed by atoms with Crippen LogP contribution in [-0.2, 0) is 23.9 Å². The summed E-state index contributed by atoms with van der Waals surface area (Å²) >= 11 is 0. The molecule has 0 aromatic carbocycles. The molecule has 18 heavy (non-hydrogen) atoms. The molecule has 8 heteroatoms. The molecule has 3 N–H and O–H groups in total. The minimum atomic E-state index is -4.09. The van der Waals surface area contributed by atoms with E-state index < -0.39 is 39.0 Å². The number of rotatable bonds is 7. The average molecular weight is 276 g/mol. The molecular weight excluding hydrogens is 260 g/mol. The molecular formula is C10H16N2O5S. The van der Waals surface area contributed by atoms with E-state index in [0.717, 1.165) is 6.08 Å². The van der Waals surface area contributed by atoms with Gasteiger partial charge in [0.05, 0.1) is 5.54 Å². The minimum Gasteiger partial charge on any atom is -0.377 e. The van der Waals surface area contributed by atoms with Gasteiger partial charge in [0.15, 0.2) is 5.76 Å². The molecule has 0 aromatic heterocycles. The van der Waals surface area contributed by atoms with Crippen LogP contribution in [0.3, 0.4) is 0 Å². The summed E-state index contributed by atoms with van der Waals surface area (Å²) in [6, 6.07) is 0. The molecule has 0 fully saturated rings. The van der Waals surface area contributed by atoms with Crippen molar-refractivity contribution >= 4 is 21.9 Å². The Morgan fingerprint density at radius 1 is 1.44 bits per heavy atom. The van der Waals surface area contributed by atoms with Crippen LogP contribution in [0.5, 0.6) is 0 Å². The summed E-state index contributed by atoms with van der Waals surface area (Å²) in [5, 5.41) is 2.40. The number of hydrogen-bond donors (Lipinski definition) is 2. The molecule has 0 atom stereocenters. The molecule has 7 nitrogen and oxygen atoms in total. The maximum Gasteiger partial charge on any atom is 0.311 e. The number of carbonyl (C=O) groups is 2. The zero-order chi connectivity index (χ0) is 14.6.